The van der Waals surface area contributed by atoms with E-state index in [4.69, 9.17) is 19.9 Å². The molecule has 0 aromatic heterocycles. The molecule has 4 aliphatic heterocycles. The number of ether oxygens (including phenoxy) is 3. The summed E-state index contributed by atoms with van der Waals surface area (Å²) in [7, 11) is 0. The van der Waals surface area contributed by atoms with Crippen LogP contribution in [0.1, 0.15) is 58.6 Å². The number of carbonyl (C=O) groups excluding carboxylic acids is 1. The summed E-state index contributed by atoms with van der Waals surface area (Å²) < 4.78 is 44.0. The number of benzene rings is 2. The minimum atomic E-state index is -0.506. The van der Waals surface area contributed by atoms with Crippen LogP contribution in [0.3, 0.4) is 0 Å². The van der Waals surface area contributed by atoms with Crippen molar-refractivity contribution in [1.82, 2.24) is 5.32 Å². The van der Waals surface area contributed by atoms with Crippen molar-refractivity contribution in [3.05, 3.63) is 47.0 Å². The molecule has 3 N–H and O–H groups in total. The number of halogens is 2. The summed E-state index contributed by atoms with van der Waals surface area (Å²) in [6.07, 6.45) is 3.00. The maximum Gasteiger partial charge on any atom is 0.407 e. The number of fused-ring (bicyclic) bond motifs is 2. The predicted octanol–water partition coefficient (Wildman–Crippen LogP) is 4.94. The van der Waals surface area contributed by atoms with Crippen LogP contribution in [0.4, 0.5) is 25.0 Å². The third-order valence-electron chi connectivity index (χ3n) is 7.81. The molecule has 224 valence electrons. The minimum absolute atomic E-state index is 0.00561. The Labute approximate surface area is 241 Å². The van der Waals surface area contributed by atoms with Gasteiger partial charge in [0.2, 0.25) is 0 Å². The summed E-state index contributed by atoms with van der Waals surface area (Å²) in [6.45, 7) is 12.8. The minimum Gasteiger partial charge on any atom is -0.487 e. The van der Waals surface area contributed by atoms with Gasteiger partial charge in [-0.25, -0.2) is 13.6 Å². The lowest BCUT2D eigenvalue weighted by atomic mass is 10.1. The van der Waals surface area contributed by atoms with E-state index in [0.29, 0.717) is 24.5 Å². The number of hydrogen-bond donors (Lipinski definition) is 2. The average molecular weight is 573 g/mol. The summed E-state index contributed by atoms with van der Waals surface area (Å²) in [5, 5.41) is 2.91. The molecular weight excluding hydrogens is 530 g/mol. The van der Waals surface area contributed by atoms with Crippen LogP contribution in [0.2, 0.25) is 0 Å². The van der Waals surface area contributed by atoms with Crippen LogP contribution in [0.5, 0.6) is 11.5 Å². The Bertz CT molecular complexity index is 1280. The summed E-state index contributed by atoms with van der Waals surface area (Å²) in [6, 6.07) is 6.88. The topological polar surface area (TPSA) is 89.3 Å². The lowest BCUT2D eigenvalue weighted by Crippen LogP contribution is -2.40. The molecule has 6 rings (SSSR count). The molecule has 41 heavy (non-hydrogen) atoms. The fourth-order valence-electron chi connectivity index (χ4n) is 6.06. The van der Waals surface area contributed by atoms with Crippen LogP contribution in [0.15, 0.2) is 24.3 Å². The Hall–Kier alpha value is -3.27. The number of nitrogens with zero attached hydrogens (tertiary/aromatic N) is 2. The second kappa shape index (κ2) is 11.5. The standard InChI is InChI=1S/C18H25FN2O3.C13H17FN2O/c1-11-9-13-15(6-5-14(19)16(13)23-11)21-8-7-12(10-21)20-17(22)24-18(2,3)4;1-8-6-10-12(16-5-4-9(15)7-16)3-2-11(14)13(10)17-8/h5-6,11-12H,7-10H2,1-4H3,(H,20,22);2-3,8-9H,4-7,15H2,1H3/t11?,12-;8?,9-/m00/s1. The molecule has 4 aliphatic rings. The number of nitrogens with one attached hydrogen (secondary N) is 1. The molecule has 2 aromatic carbocycles. The first kappa shape index (κ1) is 29.2. The third kappa shape index (κ3) is 6.63. The fourth-order valence-corrected chi connectivity index (χ4v) is 6.06. The number of alkyl carbamates (subject to hydrolysis) is 1. The van der Waals surface area contributed by atoms with Crippen molar-refractivity contribution in [2.24, 2.45) is 5.73 Å². The predicted molar refractivity (Wildman–Crippen MR) is 155 cm³/mol. The number of nitrogens with two attached hydrogens (primary N) is 1. The zero-order chi connectivity index (χ0) is 29.5. The molecule has 1 amide bonds. The molecule has 0 aliphatic carbocycles. The van der Waals surface area contributed by atoms with Crippen molar-refractivity contribution in [3.8, 4) is 11.5 Å². The van der Waals surface area contributed by atoms with Crippen molar-refractivity contribution in [2.45, 2.75) is 90.2 Å². The van der Waals surface area contributed by atoms with Crippen LogP contribution in [0.25, 0.3) is 0 Å². The van der Waals surface area contributed by atoms with Gasteiger partial charge in [0.1, 0.15) is 17.8 Å². The lowest BCUT2D eigenvalue weighted by molar-refractivity contribution is 0.0509. The number of carbonyl (C=O) groups is 1. The molecule has 2 fully saturated rings. The van der Waals surface area contributed by atoms with Crippen LogP contribution in [-0.2, 0) is 17.6 Å². The van der Waals surface area contributed by atoms with Gasteiger partial charge in [0.15, 0.2) is 23.1 Å². The van der Waals surface area contributed by atoms with Crippen molar-refractivity contribution in [3.63, 3.8) is 0 Å². The van der Waals surface area contributed by atoms with Crippen LogP contribution in [0, 0.1) is 11.6 Å². The molecule has 2 aromatic rings. The first-order chi connectivity index (χ1) is 19.4. The van der Waals surface area contributed by atoms with Gasteiger partial charge < -0.3 is 35.1 Å². The zero-order valence-corrected chi connectivity index (χ0v) is 24.6. The molecule has 4 atom stereocenters. The monoisotopic (exact) mass is 572 g/mol. The number of amides is 1. The molecule has 0 bridgehead atoms. The molecule has 8 nitrogen and oxygen atoms in total. The van der Waals surface area contributed by atoms with E-state index in [-0.39, 0.29) is 35.9 Å². The Kier molecular flexibility index (Phi) is 8.23. The van der Waals surface area contributed by atoms with Crippen molar-refractivity contribution < 1.29 is 27.8 Å². The normalized spacial score (nSPS) is 24.7. The smallest absolute Gasteiger partial charge is 0.407 e. The lowest BCUT2D eigenvalue weighted by Gasteiger charge is -2.23. The molecule has 2 unspecified atom stereocenters. The van der Waals surface area contributed by atoms with E-state index in [9.17, 15) is 13.6 Å². The second-order valence-electron chi connectivity index (χ2n) is 12.6. The highest BCUT2D eigenvalue weighted by Crippen LogP contribution is 2.40. The SMILES string of the molecule is CC1Cc2c(N3CC[C@H](N)C3)ccc(F)c2O1.CC1Cc2c(N3CC[C@H](NC(=O)OC(C)(C)C)C3)ccc(F)c2O1. The first-order valence-electron chi connectivity index (χ1n) is 14.6. The molecule has 0 radical (unpaired) electrons. The van der Waals surface area contributed by atoms with Gasteiger partial charge >= 0.3 is 6.09 Å². The molecule has 0 spiro atoms. The van der Waals surface area contributed by atoms with E-state index < -0.39 is 11.7 Å². The third-order valence-corrected chi connectivity index (χ3v) is 7.81. The van der Waals surface area contributed by atoms with Crippen molar-refractivity contribution in [1.29, 1.82) is 0 Å². The van der Waals surface area contributed by atoms with E-state index in [1.807, 2.05) is 46.8 Å². The van der Waals surface area contributed by atoms with Gasteiger partial charge in [0.05, 0.1) is 6.04 Å². The highest BCUT2D eigenvalue weighted by molar-refractivity contribution is 5.69. The molecule has 0 saturated carbocycles. The van der Waals surface area contributed by atoms with Crippen LogP contribution >= 0.6 is 0 Å². The van der Waals surface area contributed by atoms with Crippen LogP contribution < -0.4 is 30.3 Å². The number of hydrogen-bond acceptors (Lipinski definition) is 7. The Balaban J connectivity index is 0.000000174. The van der Waals surface area contributed by atoms with E-state index in [0.717, 1.165) is 61.4 Å². The van der Waals surface area contributed by atoms with E-state index >= 15 is 0 Å². The molecule has 2 saturated heterocycles. The summed E-state index contributed by atoms with van der Waals surface area (Å²) >= 11 is 0. The fraction of sp³-hybridized carbons (Fsp3) is 0.581. The largest absolute Gasteiger partial charge is 0.487 e. The van der Waals surface area contributed by atoms with Crippen LogP contribution in [-0.4, -0.2) is 62.2 Å². The van der Waals surface area contributed by atoms with Gasteiger partial charge in [-0.2, -0.15) is 0 Å². The Morgan fingerprint density at radius 3 is 1.90 bits per heavy atom. The van der Waals surface area contributed by atoms with Crippen molar-refractivity contribution in [2.75, 3.05) is 36.0 Å². The van der Waals surface area contributed by atoms with Gasteiger partial charge in [0.25, 0.3) is 0 Å². The van der Waals surface area contributed by atoms with Gasteiger partial charge in [0, 0.05) is 67.6 Å². The van der Waals surface area contributed by atoms with Gasteiger partial charge in [-0.15, -0.1) is 0 Å². The molecular formula is C31H42F2N4O4. The van der Waals surface area contributed by atoms with E-state index in [1.165, 1.54) is 12.1 Å². The molecule has 4 heterocycles. The van der Waals surface area contributed by atoms with Gasteiger partial charge in [-0.1, -0.05) is 0 Å². The zero-order valence-electron chi connectivity index (χ0n) is 24.6. The second-order valence-corrected chi connectivity index (χ2v) is 12.6. The average Bonchev–Trinajstić information content (AvgIpc) is 3.66. The molecule has 10 heteroatoms. The number of rotatable bonds is 3. The highest BCUT2D eigenvalue weighted by atomic mass is 19.1. The Morgan fingerprint density at radius 1 is 0.902 bits per heavy atom. The van der Waals surface area contributed by atoms with E-state index in [1.54, 1.807) is 0 Å². The van der Waals surface area contributed by atoms with Crippen molar-refractivity contribution >= 4 is 17.5 Å². The maximum atomic E-state index is 13.9. The maximum absolute atomic E-state index is 13.9. The summed E-state index contributed by atoms with van der Waals surface area (Å²) in [5.74, 6) is 0.261. The Morgan fingerprint density at radius 2 is 1.41 bits per heavy atom. The van der Waals surface area contributed by atoms with Gasteiger partial charge in [-0.05, 0) is 71.7 Å². The number of anilines is 2. The van der Waals surface area contributed by atoms with Gasteiger partial charge in [-0.3, -0.25) is 0 Å². The highest BCUT2D eigenvalue weighted by Gasteiger charge is 2.32. The summed E-state index contributed by atoms with van der Waals surface area (Å²) in [5.41, 5.74) is 9.45. The van der Waals surface area contributed by atoms with E-state index in [2.05, 4.69) is 15.1 Å². The quantitative estimate of drug-likeness (QED) is 0.539. The summed E-state index contributed by atoms with van der Waals surface area (Å²) in [4.78, 5) is 16.3. The first-order valence-corrected chi connectivity index (χ1v) is 14.6.